The molecule has 1 atom stereocenters. The van der Waals surface area contributed by atoms with Gasteiger partial charge in [-0.2, -0.15) is 0 Å². The third-order valence-electron chi connectivity index (χ3n) is 2.67. The maximum Gasteiger partial charge on any atom is 0.115 e. The zero-order valence-corrected chi connectivity index (χ0v) is 10.9. The molecule has 0 heterocycles. The van der Waals surface area contributed by atoms with Gasteiger partial charge in [0.25, 0.3) is 0 Å². The average molecular weight is 292 g/mol. The van der Waals surface area contributed by atoms with Crippen LogP contribution in [0.3, 0.4) is 0 Å². The molecule has 0 spiro atoms. The summed E-state index contributed by atoms with van der Waals surface area (Å²) in [6.45, 7) is 0. The summed E-state index contributed by atoms with van der Waals surface area (Å²) in [5, 5.41) is 9.21. The molecule has 0 radical (unpaired) electrons. The predicted molar refractivity (Wildman–Crippen MR) is 72.9 cm³/mol. The van der Waals surface area contributed by atoms with Gasteiger partial charge in [0.05, 0.1) is 0 Å². The van der Waals surface area contributed by atoms with Crippen LogP contribution in [0, 0.1) is 0 Å². The van der Waals surface area contributed by atoms with Gasteiger partial charge in [0.2, 0.25) is 0 Å². The molecular formula is C14H14BrNO. The average Bonchev–Trinajstić information content (AvgIpc) is 2.32. The van der Waals surface area contributed by atoms with Crippen molar-refractivity contribution in [2.75, 3.05) is 0 Å². The highest BCUT2D eigenvalue weighted by Crippen LogP contribution is 2.20. The molecule has 0 aromatic heterocycles. The summed E-state index contributed by atoms with van der Waals surface area (Å²) in [6.07, 6.45) is 0.761. The largest absolute Gasteiger partial charge is 0.508 e. The molecule has 3 heteroatoms. The van der Waals surface area contributed by atoms with E-state index >= 15 is 0 Å². The van der Waals surface area contributed by atoms with Crippen LogP contribution >= 0.6 is 15.9 Å². The second kappa shape index (κ2) is 5.34. The van der Waals surface area contributed by atoms with E-state index in [9.17, 15) is 5.11 Å². The molecule has 1 unspecified atom stereocenters. The van der Waals surface area contributed by atoms with Crippen molar-refractivity contribution < 1.29 is 5.11 Å². The van der Waals surface area contributed by atoms with E-state index in [1.54, 1.807) is 12.1 Å². The van der Waals surface area contributed by atoms with Crippen molar-refractivity contribution in [2.24, 2.45) is 5.73 Å². The monoisotopic (exact) mass is 291 g/mol. The summed E-state index contributed by atoms with van der Waals surface area (Å²) in [7, 11) is 0. The maximum absolute atomic E-state index is 9.21. The quantitative estimate of drug-likeness (QED) is 0.910. The van der Waals surface area contributed by atoms with Gasteiger partial charge >= 0.3 is 0 Å². The number of phenolic OH excluding ortho intramolecular Hbond substituents is 1. The molecule has 88 valence electrons. The lowest BCUT2D eigenvalue weighted by molar-refractivity contribution is 0.475. The number of nitrogens with two attached hydrogens (primary N) is 1. The molecule has 17 heavy (non-hydrogen) atoms. The highest BCUT2D eigenvalue weighted by atomic mass is 79.9. The predicted octanol–water partition coefficient (Wildman–Crippen LogP) is 3.40. The van der Waals surface area contributed by atoms with Crippen LogP contribution in [0.1, 0.15) is 17.2 Å². The van der Waals surface area contributed by atoms with Crippen LogP contribution < -0.4 is 5.73 Å². The van der Waals surface area contributed by atoms with Crippen LogP contribution in [0.2, 0.25) is 0 Å². The Morgan fingerprint density at radius 1 is 1.12 bits per heavy atom. The third kappa shape index (κ3) is 3.32. The van der Waals surface area contributed by atoms with E-state index in [4.69, 9.17) is 5.73 Å². The fraction of sp³-hybridized carbons (Fsp3) is 0.143. The zero-order chi connectivity index (χ0) is 12.3. The van der Waals surface area contributed by atoms with Crippen molar-refractivity contribution in [3.05, 3.63) is 64.1 Å². The van der Waals surface area contributed by atoms with Gasteiger partial charge in [0, 0.05) is 10.5 Å². The smallest absolute Gasteiger partial charge is 0.115 e. The van der Waals surface area contributed by atoms with Gasteiger partial charge in [0.15, 0.2) is 0 Å². The summed E-state index contributed by atoms with van der Waals surface area (Å²) in [5.74, 6) is 0.282. The van der Waals surface area contributed by atoms with Gasteiger partial charge in [-0.1, -0.05) is 40.2 Å². The van der Waals surface area contributed by atoms with Gasteiger partial charge in [-0.3, -0.25) is 0 Å². The second-order valence-corrected chi connectivity index (χ2v) is 4.95. The van der Waals surface area contributed by atoms with Gasteiger partial charge < -0.3 is 10.8 Å². The molecule has 0 saturated heterocycles. The molecule has 3 N–H and O–H groups in total. The van der Waals surface area contributed by atoms with Gasteiger partial charge in [-0.05, 0) is 41.8 Å². The molecule has 0 aliphatic carbocycles. The molecular weight excluding hydrogens is 278 g/mol. The maximum atomic E-state index is 9.21. The van der Waals surface area contributed by atoms with Crippen LogP contribution in [0.5, 0.6) is 5.75 Å². The standard InChI is InChI=1S/C14H14BrNO/c15-12-3-1-2-11(9-12)14(16)8-10-4-6-13(17)7-5-10/h1-7,9,14,17H,8,16H2. The van der Waals surface area contributed by atoms with E-state index in [1.807, 2.05) is 36.4 Å². The summed E-state index contributed by atoms with van der Waals surface area (Å²) < 4.78 is 1.04. The van der Waals surface area contributed by atoms with Gasteiger partial charge in [-0.25, -0.2) is 0 Å². The Balaban J connectivity index is 2.11. The van der Waals surface area contributed by atoms with Crippen molar-refractivity contribution >= 4 is 15.9 Å². The summed E-state index contributed by atoms with van der Waals surface area (Å²) in [4.78, 5) is 0. The minimum Gasteiger partial charge on any atom is -0.508 e. The second-order valence-electron chi connectivity index (χ2n) is 4.03. The topological polar surface area (TPSA) is 46.2 Å². The summed E-state index contributed by atoms with van der Waals surface area (Å²) >= 11 is 3.44. The van der Waals surface area contributed by atoms with E-state index in [-0.39, 0.29) is 11.8 Å². The first-order valence-electron chi connectivity index (χ1n) is 5.44. The first kappa shape index (κ1) is 12.1. The number of halogens is 1. The van der Waals surface area contributed by atoms with Crippen molar-refractivity contribution in [1.29, 1.82) is 0 Å². The Bertz CT molecular complexity index is 496. The molecule has 0 aliphatic rings. The molecule has 2 aromatic rings. The Hall–Kier alpha value is -1.32. The minimum atomic E-state index is -0.0305. The number of aromatic hydroxyl groups is 1. The first-order chi connectivity index (χ1) is 8.15. The van der Waals surface area contributed by atoms with Gasteiger partial charge in [-0.15, -0.1) is 0 Å². The van der Waals surface area contributed by atoms with Crippen molar-refractivity contribution in [2.45, 2.75) is 12.5 Å². The van der Waals surface area contributed by atoms with Crippen molar-refractivity contribution in [1.82, 2.24) is 0 Å². The number of hydrogen-bond acceptors (Lipinski definition) is 2. The molecule has 0 amide bonds. The van der Waals surface area contributed by atoms with Crippen LogP contribution in [0.4, 0.5) is 0 Å². The van der Waals surface area contributed by atoms with E-state index in [0.717, 1.165) is 22.0 Å². The highest BCUT2D eigenvalue weighted by molar-refractivity contribution is 9.10. The Morgan fingerprint density at radius 3 is 2.47 bits per heavy atom. The van der Waals surface area contributed by atoms with E-state index in [1.165, 1.54) is 0 Å². The van der Waals surface area contributed by atoms with Crippen LogP contribution in [-0.2, 0) is 6.42 Å². The third-order valence-corrected chi connectivity index (χ3v) is 3.16. The Kier molecular flexibility index (Phi) is 3.82. The summed E-state index contributed by atoms with van der Waals surface area (Å²) in [6, 6.07) is 15.2. The SMILES string of the molecule is NC(Cc1ccc(O)cc1)c1cccc(Br)c1. The number of phenols is 1. The van der Waals surface area contributed by atoms with E-state index in [0.29, 0.717) is 0 Å². The molecule has 2 rings (SSSR count). The van der Waals surface area contributed by atoms with Crippen molar-refractivity contribution in [3.63, 3.8) is 0 Å². The minimum absolute atomic E-state index is 0.0305. The molecule has 2 aromatic carbocycles. The molecule has 2 nitrogen and oxygen atoms in total. The molecule has 0 saturated carbocycles. The lowest BCUT2D eigenvalue weighted by Gasteiger charge is -2.12. The summed E-state index contributed by atoms with van der Waals surface area (Å²) in [5.41, 5.74) is 8.38. The zero-order valence-electron chi connectivity index (χ0n) is 9.31. The van der Waals surface area contributed by atoms with E-state index in [2.05, 4.69) is 15.9 Å². The fourth-order valence-electron chi connectivity index (χ4n) is 1.74. The lowest BCUT2D eigenvalue weighted by Crippen LogP contribution is -2.13. The van der Waals surface area contributed by atoms with Crippen LogP contribution in [0.15, 0.2) is 53.0 Å². The Labute approximate surface area is 109 Å². The Morgan fingerprint density at radius 2 is 1.82 bits per heavy atom. The van der Waals surface area contributed by atoms with Crippen LogP contribution in [0.25, 0.3) is 0 Å². The van der Waals surface area contributed by atoms with E-state index < -0.39 is 0 Å². The highest BCUT2D eigenvalue weighted by Gasteiger charge is 2.07. The normalized spacial score (nSPS) is 12.4. The first-order valence-corrected chi connectivity index (χ1v) is 6.23. The number of rotatable bonds is 3. The van der Waals surface area contributed by atoms with Gasteiger partial charge in [0.1, 0.15) is 5.75 Å². The van der Waals surface area contributed by atoms with Crippen molar-refractivity contribution in [3.8, 4) is 5.75 Å². The number of hydrogen-bond donors (Lipinski definition) is 2. The molecule has 0 aliphatic heterocycles. The fourth-order valence-corrected chi connectivity index (χ4v) is 2.16. The number of benzene rings is 2. The van der Waals surface area contributed by atoms with Crippen LogP contribution in [-0.4, -0.2) is 5.11 Å². The lowest BCUT2D eigenvalue weighted by atomic mass is 10.00. The molecule has 0 bridgehead atoms. The molecule has 0 fully saturated rings.